The lowest BCUT2D eigenvalue weighted by molar-refractivity contribution is -0.129. The SMILES string of the molecule is CC(=O)N(C)Cc1cccc(NC(=O)C2CC(=O)N(Cc3ccco3)C2)c1. The highest BCUT2D eigenvalue weighted by Crippen LogP contribution is 2.22. The Bertz CT molecular complexity index is 832. The largest absolute Gasteiger partial charge is 0.467 e. The maximum absolute atomic E-state index is 12.6. The first-order valence-corrected chi connectivity index (χ1v) is 8.84. The predicted octanol–water partition coefficient (Wildman–Crippen LogP) is 2.25. The third-order valence-corrected chi connectivity index (χ3v) is 4.66. The molecule has 2 heterocycles. The molecule has 0 spiro atoms. The molecule has 1 fully saturated rings. The van der Waals surface area contributed by atoms with E-state index in [1.165, 1.54) is 6.92 Å². The van der Waals surface area contributed by atoms with Gasteiger partial charge < -0.3 is 19.5 Å². The van der Waals surface area contributed by atoms with E-state index < -0.39 is 5.92 Å². The Kier molecular flexibility index (Phi) is 5.59. The van der Waals surface area contributed by atoms with Gasteiger partial charge in [-0.3, -0.25) is 14.4 Å². The fraction of sp³-hybridized carbons (Fsp3) is 0.350. The zero-order chi connectivity index (χ0) is 19.4. The number of hydrogen-bond acceptors (Lipinski definition) is 4. The fourth-order valence-electron chi connectivity index (χ4n) is 3.07. The van der Waals surface area contributed by atoms with E-state index in [1.807, 2.05) is 24.3 Å². The Balaban J connectivity index is 1.59. The Morgan fingerprint density at radius 3 is 2.81 bits per heavy atom. The topological polar surface area (TPSA) is 82.9 Å². The van der Waals surface area contributed by atoms with Crippen LogP contribution in [-0.4, -0.2) is 41.1 Å². The number of nitrogens with zero attached hydrogens (tertiary/aromatic N) is 2. The van der Waals surface area contributed by atoms with Crippen LogP contribution < -0.4 is 5.32 Å². The van der Waals surface area contributed by atoms with Gasteiger partial charge in [-0.2, -0.15) is 0 Å². The van der Waals surface area contributed by atoms with Crippen LogP contribution in [0.15, 0.2) is 47.1 Å². The van der Waals surface area contributed by atoms with Crippen molar-refractivity contribution in [2.24, 2.45) is 5.92 Å². The molecule has 0 bridgehead atoms. The molecule has 7 nitrogen and oxygen atoms in total. The molecule has 1 aromatic heterocycles. The number of hydrogen-bond donors (Lipinski definition) is 1. The van der Waals surface area contributed by atoms with E-state index in [2.05, 4.69) is 5.32 Å². The summed E-state index contributed by atoms with van der Waals surface area (Å²) in [5, 5.41) is 2.88. The number of anilines is 1. The normalized spacial score (nSPS) is 16.4. The van der Waals surface area contributed by atoms with E-state index in [0.29, 0.717) is 31.1 Å². The number of likely N-dealkylation sites (tertiary alicyclic amines) is 1. The summed E-state index contributed by atoms with van der Waals surface area (Å²) < 4.78 is 5.27. The van der Waals surface area contributed by atoms with Gasteiger partial charge in [0.05, 0.1) is 18.7 Å². The summed E-state index contributed by atoms with van der Waals surface area (Å²) in [5.41, 5.74) is 1.58. The summed E-state index contributed by atoms with van der Waals surface area (Å²) in [5.74, 6) is 0.0546. The fourth-order valence-corrected chi connectivity index (χ4v) is 3.07. The van der Waals surface area contributed by atoms with Gasteiger partial charge in [0.2, 0.25) is 17.7 Å². The molecule has 3 amide bonds. The number of nitrogens with one attached hydrogen (secondary N) is 1. The summed E-state index contributed by atoms with van der Waals surface area (Å²) in [7, 11) is 1.73. The van der Waals surface area contributed by atoms with Crippen molar-refractivity contribution in [2.75, 3.05) is 18.9 Å². The Morgan fingerprint density at radius 1 is 1.30 bits per heavy atom. The average Bonchev–Trinajstić information content (AvgIpc) is 3.26. The summed E-state index contributed by atoms with van der Waals surface area (Å²) >= 11 is 0. The van der Waals surface area contributed by atoms with Crippen LogP contribution >= 0.6 is 0 Å². The van der Waals surface area contributed by atoms with Crippen LogP contribution in [-0.2, 0) is 27.5 Å². The minimum atomic E-state index is -0.393. The molecule has 142 valence electrons. The van der Waals surface area contributed by atoms with Crippen molar-refractivity contribution in [3.8, 4) is 0 Å². The first-order valence-electron chi connectivity index (χ1n) is 8.84. The highest BCUT2D eigenvalue weighted by Gasteiger charge is 2.34. The van der Waals surface area contributed by atoms with Crippen LogP contribution in [0.25, 0.3) is 0 Å². The molecule has 0 saturated carbocycles. The molecule has 3 rings (SSSR count). The number of rotatable bonds is 6. The molecule has 1 aliphatic heterocycles. The monoisotopic (exact) mass is 369 g/mol. The highest BCUT2D eigenvalue weighted by molar-refractivity contribution is 5.97. The highest BCUT2D eigenvalue weighted by atomic mass is 16.3. The molecular formula is C20H23N3O4. The van der Waals surface area contributed by atoms with Crippen LogP contribution in [0, 0.1) is 5.92 Å². The molecule has 0 aliphatic carbocycles. The molecule has 27 heavy (non-hydrogen) atoms. The second kappa shape index (κ2) is 8.07. The van der Waals surface area contributed by atoms with Gasteiger partial charge in [0, 0.05) is 39.2 Å². The molecule has 1 aliphatic rings. The van der Waals surface area contributed by atoms with E-state index in [-0.39, 0.29) is 24.1 Å². The molecule has 1 N–H and O–H groups in total. The molecule has 0 radical (unpaired) electrons. The van der Waals surface area contributed by atoms with Crippen molar-refractivity contribution in [2.45, 2.75) is 26.4 Å². The molecular weight excluding hydrogens is 346 g/mol. The lowest BCUT2D eigenvalue weighted by atomic mass is 10.1. The summed E-state index contributed by atoms with van der Waals surface area (Å²) in [4.78, 5) is 39.4. The summed E-state index contributed by atoms with van der Waals surface area (Å²) in [6.07, 6.45) is 1.76. The maximum Gasteiger partial charge on any atom is 0.229 e. The average molecular weight is 369 g/mol. The van der Waals surface area contributed by atoms with E-state index in [9.17, 15) is 14.4 Å². The summed E-state index contributed by atoms with van der Waals surface area (Å²) in [6.45, 7) is 2.73. The van der Waals surface area contributed by atoms with E-state index >= 15 is 0 Å². The first-order chi connectivity index (χ1) is 12.9. The molecule has 1 saturated heterocycles. The van der Waals surface area contributed by atoms with E-state index in [0.717, 1.165) is 5.56 Å². The van der Waals surface area contributed by atoms with Crippen molar-refractivity contribution in [1.29, 1.82) is 0 Å². The van der Waals surface area contributed by atoms with Gasteiger partial charge in [-0.15, -0.1) is 0 Å². The van der Waals surface area contributed by atoms with Crippen molar-refractivity contribution in [1.82, 2.24) is 9.80 Å². The molecule has 2 aromatic rings. The molecule has 1 aromatic carbocycles. The minimum Gasteiger partial charge on any atom is -0.467 e. The number of amides is 3. The lowest BCUT2D eigenvalue weighted by Crippen LogP contribution is -2.28. The van der Waals surface area contributed by atoms with Gasteiger partial charge in [-0.25, -0.2) is 0 Å². The van der Waals surface area contributed by atoms with Gasteiger partial charge in [-0.1, -0.05) is 12.1 Å². The van der Waals surface area contributed by atoms with Gasteiger partial charge in [0.1, 0.15) is 5.76 Å². The second-order valence-corrected chi connectivity index (χ2v) is 6.82. The smallest absolute Gasteiger partial charge is 0.229 e. The summed E-state index contributed by atoms with van der Waals surface area (Å²) in [6, 6.07) is 11.0. The number of furan rings is 1. The quantitative estimate of drug-likeness (QED) is 0.847. The van der Waals surface area contributed by atoms with Gasteiger partial charge >= 0.3 is 0 Å². The maximum atomic E-state index is 12.6. The Morgan fingerprint density at radius 2 is 2.11 bits per heavy atom. The third-order valence-electron chi connectivity index (χ3n) is 4.66. The van der Waals surface area contributed by atoms with E-state index in [1.54, 1.807) is 35.2 Å². The Hall–Kier alpha value is -3.09. The molecule has 7 heteroatoms. The lowest BCUT2D eigenvalue weighted by Gasteiger charge is -2.16. The second-order valence-electron chi connectivity index (χ2n) is 6.82. The molecule has 1 atom stereocenters. The van der Waals surface area contributed by atoms with Crippen LogP contribution in [0.4, 0.5) is 5.69 Å². The first kappa shape index (κ1) is 18.7. The van der Waals surface area contributed by atoms with E-state index in [4.69, 9.17) is 4.42 Å². The van der Waals surface area contributed by atoms with Crippen LogP contribution in [0.3, 0.4) is 0 Å². The third kappa shape index (κ3) is 4.75. The number of benzene rings is 1. The number of carbonyl (C=O) groups is 3. The van der Waals surface area contributed by atoms with Crippen LogP contribution in [0.5, 0.6) is 0 Å². The van der Waals surface area contributed by atoms with Crippen molar-refractivity contribution < 1.29 is 18.8 Å². The number of carbonyl (C=O) groups excluding carboxylic acids is 3. The van der Waals surface area contributed by atoms with Crippen molar-refractivity contribution in [3.63, 3.8) is 0 Å². The van der Waals surface area contributed by atoms with Crippen LogP contribution in [0.2, 0.25) is 0 Å². The van der Waals surface area contributed by atoms with Crippen molar-refractivity contribution in [3.05, 3.63) is 54.0 Å². The zero-order valence-corrected chi connectivity index (χ0v) is 15.5. The van der Waals surface area contributed by atoms with Crippen molar-refractivity contribution >= 4 is 23.4 Å². The standard InChI is InChI=1S/C20H23N3O4/c1-14(24)22(2)11-15-5-3-6-17(9-15)21-20(26)16-10-19(25)23(12-16)13-18-7-4-8-27-18/h3-9,16H,10-13H2,1-2H3,(H,21,26). The van der Waals surface area contributed by atoms with Gasteiger partial charge in [-0.05, 0) is 29.8 Å². The van der Waals surface area contributed by atoms with Gasteiger partial charge in [0.25, 0.3) is 0 Å². The van der Waals surface area contributed by atoms with Crippen LogP contribution in [0.1, 0.15) is 24.7 Å². The Labute approximate surface area is 157 Å². The molecule has 1 unspecified atom stereocenters. The minimum absolute atomic E-state index is 0.0226. The van der Waals surface area contributed by atoms with Gasteiger partial charge in [0.15, 0.2) is 0 Å². The zero-order valence-electron chi connectivity index (χ0n) is 15.5. The predicted molar refractivity (Wildman–Crippen MR) is 99.5 cm³/mol.